The van der Waals surface area contributed by atoms with E-state index in [2.05, 4.69) is 15.5 Å². The van der Waals surface area contributed by atoms with Gasteiger partial charge in [-0.15, -0.1) is 10.2 Å². The lowest BCUT2D eigenvalue weighted by Crippen LogP contribution is -2.03. The van der Waals surface area contributed by atoms with Crippen molar-refractivity contribution in [2.24, 2.45) is 0 Å². The maximum atomic E-state index is 5.46. The molecular formula is C15H19N3O2. The van der Waals surface area contributed by atoms with Gasteiger partial charge in [0.05, 0.1) is 14.2 Å². The number of hydrogen-bond acceptors (Lipinski definition) is 5. The van der Waals surface area contributed by atoms with Gasteiger partial charge < -0.3 is 14.8 Å². The van der Waals surface area contributed by atoms with E-state index in [1.807, 2.05) is 39.1 Å². The fraction of sp³-hybridized carbons (Fsp3) is 0.333. The van der Waals surface area contributed by atoms with E-state index in [0.717, 1.165) is 28.2 Å². The van der Waals surface area contributed by atoms with E-state index in [-0.39, 0.29) is 0 Å². The highest BCUT2D eigenvalue weighted by atomic mass is 16.5. The summed E-state index contributed by atoms with van der Waals surface area (Å²) in [6.07, 6.45) is 0. The lowest BCUT2D eigenvalue weighted by atomic mass is 10.0. The van der Waals surface area contributed by atoms with Crippen molar-refractivity contribution in [2.45, 2.75) is 13.8 Å². The molecule has 0 radical (unpaired) electrons. The average Bonchev–Trinajstić information content (AvgIpc) is 2.49. The lowest BCUT2D eigenvalue weighted by Gasteiger charge is -2.15. The zero-order valence-corrected chi connectivity index (χ0v) is 12.4. The Hall–Kier alpha value is -2.30. The number of hydrogen-bond donors (Lipinski definition) is 1. The van der Waals surface area contributed by atoms with Gasteiger partial charge in [-0.25, -0.2) is 0 Å². The van der Waals surface area contributed by atoms with Crippen LogP contribution in [0.5, 0.6) is 11.5 Å². The van der Waals surface area contributed by atoms with Crippen LogP contribution in [0.15, 0.2) is 18.2 Å². The number of aromatic nitrogens is 2. The number of rotatable bonds is 4. The van der Waals surface area contributed by atoms with E-state index in [1.165, 1.54) is 0 Å². The van der Waals surface area contributed by atoms with Gasteiger partial charge in [-0.1, -0.05) is 6.07 Å². The molecular weight excluding hydrogens is 254 g/mol. The third kappa shape index (κ3) is 2.27. The molecule has 1 aromatic heterocycles. The summed E-state index contributed by atoms with van der Waals surface area (Å²) >= 11 is 0. The first-order valence-corrected chi connectivity index (χ1v) is 6.37. The second-order valence-electron chi connectivity index (χ2n) is 4.44. The summed E-state index contributed by atoms with van der Waals surface area (Å²) in [6, 6.07) is 5.73. The van der Waals surface area contributed by atoms with Crippen LogP contribution < -0.4 is 14.8 Å². The quantitative estimate of drug-likeness (QED) is 0.928. The van der Waals surface area contributed by atoms with Gasteiger partial charge in [0.25, 0.3) is 0 Å². The Bertz CT molecular complexity index is 627. The van der Waals surface area contributed by atoms with E-state index in [0.29, 0.717) is 11.5 Å². The maximum Gasteiger partial charge on any atom is 0.170 e. The van der Waals surface area contributed by atoms with Gasteiger partial charge in [0, 0.05) is 12.6 Å². The normalized spacial score (nSPS) is 10.2. The molecule has 2 rings (SSSR count). The molecule has 0 amide bonds. The van der Waals surface area contributed by atoms with Crippen LogP contribution in [0.2, 0.25) is 0 Å². The number of anilines is 1. The third-order valence-corrected chi connectivity index (χ3v) is 3.42. The van der Waals surface area contributed by atoms with E-state index < -0.39 is 0 Å². The Morgan fingerprint density at radius 2 is 1.75 bits per heavy atom. The summed E-state index contributed by atoms with van der Waals surface area (Å²) in [7, 11) is 5.08. The minimum absolute atomic E-state index is 0.670. The average molecular weight is 273 g/mol. The summed E-state index contributed by atoms with van der Waals surface area (Å²) in [6.45, 7) is 4.05. The largest absolute Gasteiger partial charge is 0.493 e. The van der Waals surface area contributed by atoms with Crippen molar-refractivity contribution < 1.29 is 9.47 Å². The molecule has 5 heteroatoms. The fourth-order valence-electron chi connectivity index (χ4n) is 2.17. The molecule has 0 fully saturated rings. The molecule has 0 saturated heterocycles. The van der Waals surface area contributed by atoms with Gasteiger partial charge in [0.15, 0.2) is 17.3 Å². The van der Waals surface area contributed by atoms with Crippen LogP contribution in [0.3, 0.4) is 0 Å². The molecule has 0 unspecified atom stereocenters. The summed E-state index contributed by atoms with van der Waals surface area (Å²) in [4.78, 5) is 0. The third-order valence-electron chi connectivity index (χ3n) is 3.42. The summed E-state index contributed by atoms with van der Waals surface area (Å²) in [5.41, 5.74) is 3.82. The molecule has 106 valence electrons. The predicted molar refractivity (Wildman–Crippen MR) is 79.6 cm³/mol. The van der Waals surface area contributed by atoms with Crippen LogP contribution in [-0.2, 0) is 0 Å². The first-order valence-electron chi connectivity index (χ1n) is 6.37. The molecule has 1 heterocycles. The summed E-state index contributed by atoms with van der Waals surface area (Å²) in [5, 5.41) is 11.6. The number of benzene rings is 1. The maximum absolute atomic E-state index is 5.46. The van der Waals surface area contributed by atoms with E-state index in [9.17, 15) is 0 Å². The lowest BCUT2D eigenvalue weighted by molar-refractivity contribution is 0.356. The van der Waals surface area contributed by atoms with Gasteiger partial charge in [-0.3, -0.25) is 0 Å². The molecule has 0 spiro atoms. The van der Waals surface area contributed by atoms with Gasteiger partial charge in [-0.05, 0) is 37.1 Å². The monoisotopic (exact) mass is 273 g/mol. The first kappa shape index (κ1) is 14.1. The Morgan fingerprint density at radius 3 is 2.35 bits per heavy atom. The number of ether oxygens (including phenoxy) is 2. The van der Waals surface area contributed by atoms with Crippen LogP contribution in [0.4, 0.5) is 5.82 Å². The minimum atomic E-state index is 0.670. The Kier molecular flexibility index (Phi) is 4.08. The van der Waals surface area contributed by atoms with E-state index in [4.69, 9.17) is 9.47 Å². The molecule has 1 aromatic carbocycles. The van der Waals surface area contributed by atoms with Crippen molar-refractivity contribution in [1.82, 2.24) is 10.2 Å². The molecule has 2 aromatic rings. The molecule has 0 bridgehead atoms. The highest BCUT2D eigenvalue weighted by Crippen LogP contribution is 2.38. The second-order valence-corrected chi connectivity index (χ2v) is 4.44. The summed E-state index contributed by atoms with van der Waals surface area (Å²) < 4.78 is 10.8. The van der Waals surface area contributed by atoms with Gasteiger partial charge >= 0.3 is 0 Å². The number of nitrogens with zero attached hydrogens (tertiary/aromatic N) is 2. The number of nitrogens with one attached hydrogen (secondary N) is 1. The first-order chi connectivity index (χ1) is 9.63. The van der Waals surface area contributed by atoms with Crippen molar-refractivity contribution in [3.63, 3.8) is 0 Å². The van der Waals surface area contributed by atoms with Crippen molar-refractivity contribution in [3.05, 3.63) is 29.3 Å². The van der Waals surface area contributed by atoms with Gasteiger partial charge in [0.2, 0.25) is 0 Å². The number of para-hydroxylation sites is 1. The topological polar surface area (TPSA) is 56.3 Å². The fourth-order valence-corrected chi connectivity index (χ4v) is 2.17. The van der Waals surface area contributed by atoms with Crippen molar-refractivity contribution in [1.29, 1.82) is 0 Å². The molecule has 0 aliphatic carbocycles. The second kappa shape index (κ2) is 5.77. The van der Waals surface area contributed by atoms with Crippen molar-refractivity contribution in [3.8, 4) is 22.8 Å². The van der Waals surface area contributed by atoms with Crippen LogP contribution in [0, 0.1) is 13.8 Å². The molecule has 5 nitrogen and oxygen atoms in total. The van der Waals surface area contributed by atoms with Crippen LogP contribution in [0.25, 0.3) is 11.3 Å². The molecule has 0 atom stereocenters. The number of methoxy groups -OCH3 is 2. The molecule has 0 aliphatic rings. The Labute approximate surface area is 118 Å². The molecule has 1 N–H and O–H groups in total. The predicted octanol–water partition coefficient (Wildman–Crippen LogP) is 2.82. The van der Waals surface area contributed by atoms with Crippen LogP contribution >= 0.6 is 0 Å². The smallest absolute Gasteiger partial charge is 0.170 e. The van der Waals surface area contributed by atoms with Crippen molar-refractivity contribution in [2.75, 3.05) is 26.6 Å². The van der Waals surface area contributed by atoms with Crippen LogP contribution in [0.1, 0.15) is 11.1 Å². The summed E-state index contributed by atoms with van der Waals surface area (Å²) in [5.74, 6) is 2.14. The molecule has 0 aliphatic heterocycles. The SMILES string of the molecule is CNc1nnc(-c2cccc(OC)c2OC)c(C)c1C. The zero-order chi connectivity index (χ0) is 14.7. The van der Waals surface area contributed by atoms with E-state index >= 15 is 0 Å². The van der Waals surface area contributed by atoms with Crippen LogP contribution in [-0.4, -0.2) is 31.5 Å². The highest BCUT2D eigenvalue weighted by Gasteiger charge is 2.17. The minimum Gasteiger partial charge on any atom is -0.493 e. The highest BCUT2D eigenvalue weighted by molar-refractivity contribution is 5.74. The standard InChI is InChI=1S/C15H19N3O2/c1-9-10(2)15(16-3)18-17-13(9)11-7-6-8-12(19-4)14(11)20-5/h6-8H,1-5H3,(H,16,18). The zero-order valence-electron chi connectivity index (χ0n) is 12.4. The van der Waals surface area contributed by atoms with E-state index in [1.54, 1.807) is 14.2 Å². The Balaban J connectivity index is 2.66. The van der Waals surface area contributed by atoms with Crippen molar-refractivity contribution >= 4 is 5.82 Å². The molecule has 20 heavy (non-hydrogen) atoms. The van der Waals surface area contributed by atoms with Gasteiger partial charge in [0.1, 0.15) is 5.69 Å². The Morgan fingerprint density at radius 1 is 1.00 bits per heavy atom. The van der Waals surface area contributed by atoms with Gasteiger partial charge in [-0.2, -0.15) is 0 Å². The molecule has 0 saturated carbocycles.